The molecule has 0 radical (unpaired) electrons. The molecule has 144 valence electrons. The molecule has 1 aromatic carbocycles. The second kappa shape index (κ2) is 7.66. The van der Waals surface area contributed by atoms with Gasteiger partial charge in [-0.2, -0.15) is 4.31 Å². The summed E-state index contributed by atoms with van der Waals surface area (Å²) in [4.78, 5) is 17.2. The summed E-state index contributed by atoms with van der Waals surface area (Å²) in [5, 5.41) is 0. The largest absolute Gasteiger partial charge is 0.333 e. The van der Waals surface area contributed by atoms with Crippen molar-refractivity contribution < 1.29 is 13.2 Å². The number of likely N-dealkylation sites (N-methyl/N-ethyl adjacent to an activating group) is 1. The Morgan fingerprint density at radius 1 is 0.962 bits per heavy atom. The van der Waals surface area contributed by atoms with Crippen LogP contribution in [0.1, 0.15) is 43.5 Å². The zero-order chi connectivity index (χ0) is 18.9. The van der Waals surface area contributed by atoms with Gasteiger partial charge in [0.05, 0.1) is 4.90 Å². The number of amides is 1. The molecule has 1 amide bonds. The molecular formula is C19H29N3O3S. The van der Waals surface area contributed by atoms with Gasteiger partial charge in [0.1, 0.15) is 0 Å². The molecule has 2 aliphatic heterocycles. The molecule has 3 rings (SSSR count). The molecule has 0 aromatic heterocycles. The summed E-state index contributed by atoms with van der Waals surface area (Å²) in [7, 11) is -1.50. The standard InChI is InChI=1S/C19H29N3O3S/c1-15-5-4-6-16(2)22(15)19(23)17-7-9-18(10-8-17)26(24,25)21-13-11-20(3)12-14-21/h7-10,15-16H,4-6,11-14H2,1-3H3/t15-,16-/m1/s1. The van der Waals surface area contributed by atoms with Gasteiger partial charge < -0.3 is 9.80 Å². The number of hydrogen-bond donors (Lipinski definition) is 0. The minimum Gasteiger partial charge on any atom is -0.333 e. The second-order valence-corrected chi connectivity index (χ2v) is 9.51. The average molecular weight is 380 g/mol. The summed E-state index contributed by atoms with van der Waals surface area (Å²) in [5.74, 6) is -0.00625. The van der Waals surface area contributed by atoms with Crippen LogP contribution >= 0.6 is 0 Å². The van der Waals surface area contributed by atoms with Crippen LogP contribution in [0.25, 0.3) is 0 Å². The second-order valence-electron chi connectivity index (χ2n) is 7.57. The summed E-state index contributed by atoms with van der Waals surface area (Å²) in [5.41, 5.74) is 0.558. The predicted octanol–water partition coefficient (Wildman–Crippen LogP) is 2.03. The molecule has 1 aromatic rings. The van der Waals surface area contributed by atoms with Gasteiger partial charge in [0, 0.05) is 43.8 Å². The van der Waals surface area contributed by atoms with E-state index in [2.05, 4.69) is 18.7 Å². The first-order valence-electron chi connectivity index (χ1n) is 9.42. The van der Waals surface area contributed by atoms with Gasteiger partial charge in [-0.15, -0.1) is 0 Å². The molecular weight excluding hydrogens is 350 g/mol. The van der Waals surface area contributed by atoms with Crippen molar-refractivity contribution in [2.24, 2.45) is 0 Å². The Kier molecular flexibility index (Phi) is 5.69. The van der Waals surface area contributed by atoms with Crippen molar-refractivity contribution in [1.29, 1.82) is 0 Å². The Labute approximate surface area is 156 Å². The number of nitrogens with zero attached hydrogens (tertiary/aromatic N) is 3. The monoisotopic (exact) mass is 379 g/mol. The highest BCUT2D eigenvalue weighted by Crippen LogP contribution is 2.25. The van der Waals surface area contributed by atoms with Gasteiger partial charge >= 0.3 is 0 Å². The van der Waals surface area contributed by atoms with Crippen molar-refractivity contribution in [3.8, 4) is 0 Å². The highest BCUT2D eigenvalue weighted by atomic mass is 32.2. The SMILES string of the molecule is C[C@@H]1CCC[C@@H](C)N1C(=O)c1ccc(S(=O)(=O)N2CCN(C)CC2)cc1. The number of hydrogen-bond acceptors (Lipinski definition) is 4. The number of rotatable bonds is 3. The van der Waals surface area contributed by atoms with Crippen LogP contribution in [0.2, 0.25) is 0 Å². The summed E-state index contributed by atoms with van der Waals surface area (Å²) in [6, 6.07) is 6.89. The molecule has 2 saturated heterocycles. The summed E-state index contributed by atoms with van der Waals surface area (Å²) in [6.45, 7) is 6.64. The number of likely N-dealkylation sites (tertiary alicyclic amines) is 1. The van der Waals surface area contributed by atoms with Gasteiger partial charge in [-0.1, -0.05) is 0 Å². The molecule has 2 fully saturated rings. The molecule has 0 saturated carbocycles. The molecule has 0 unspecified atom stereocenters. The lowest BCUT2D eigenvalue weighted by atomic mass is 9.96. The topological polar surface area (TPSA) is 60.9 Å². The lowest BCUT2D eigenvalue weighted by Gasteiger charge is -2.39. The third-order valence-corrected chi connectivity index (χ3v) is 7.54. The first kappa shape index (κ1) is 19.3. The lowest BCUT2D eigenvalue weighted by molar-refractivity contribution is 0.0510. The van der Waals surface area contributed by atoms with E-state index in [1.54, 1.807) is 24.3 Å². The van der Waals surface area contributed by atoms with Crippen molar-refractivity contribution in [2.45, 2.75) is 50.1 Å². The van der Waals surface area contributed by atoms with Gasteiger partial charge in [-0.05, 0) is 64.4 Å². The Morgan fingerprint density at radius 3 is 2.04 bits per heavy atom. The van der Waals surface area contributed by atoms with Crippen LogP contribution in [0.3, 0.4) is 0 Å². The van der Waals surface area contributed by atoms with Gasteiger partial charge in [-0.3, -0.25) is 4.79 Å². The van der Waals surface area contributed by atoms with Crippen LogP contribution in [-0.4, -0.2) is 73.7 Å². The molecule has 6 nitrogen and oxygen atoms in total. The summed E-state index contributed by atoms with van der Waals surface area (Å²) < 4.78 is 27.1. The van der Waals surface area contributed by atoms with E-state index in [4.69, 9.17) is 0 Å². The minimum absolute atomic E-state index is 0.00625. The third kappa shape index (κ3) is 3.80. The lowest BCUT2D eigenvalue weighted by Crippen LogP contribution is -2.47. The van der Waals surface area contributed by atoms with E-state index in [-0.39, 0.29) is 22.9 Å². The maximum Gasteiger partial charge on any atom is 0.254 e. The Morgan fingerprint density at radius 2 is 1.50 bits per heavy atom. The Hall–Kier alpha value is -1.44. The van der Waals surface area contributed by atoms with Gasteiger partial charge in [0.15, 0.2) is 0 Å². The van der Waals surface area contributed by atoms with Crippen LogP contribution in [0.4, 0.5) is 0 Å². The highest BCUT2D eigenvalue weighted by molar-refractivity contribution is 7.89. The Bertz CT molecular complexity index is 730. The Balaban J connectivity index is 1.76. The summed E-state index contributed by atoms with van der Waals surface area (Å²) in [6.07, 6.45) is 3.19. The molecule has 0 N–H and O–H groups in total. The van der Waals surface area contributed by atoms with Crippen LogP contribution < -0.4 is 0 Å². The molecule has 2 heterocycles. The maximum atomic E-state index is 12.9. The third-order valence-electron chi connectivity index (χ3n) is 5.63. The van der Waals surface area contributed by atoms with Crippen molar-refractivity contribution in [2.75, 3.05) is 33.2 Å². The number of sulfonamides is 1. The van der Waals surface area contributed by atoms with Crippen LogP contribution in [0.5, 0.6) is 0 Å². The average Bonchev–Trinajstić information content (AvgIpc) is 2.62. The predicted molar refractivity (Wildman–Crippen MR) is 102 cm³/mol. The first-order chi connectivity index (χ1) is 12.3. The molecule has 2 atom stereocenters. The molecule has 2 aliphatic rings. The van der Waals surface area contributed by atoms with E-state index >= 15 is 0 Å². The van der Waals surface area contributed by atoms with E-state index in [1.807, 2.05) is 11.9 Å². The van der Waals surface area contributed by atoms with Gasteiger partial charge in [0.2, 0.25) is 10.0 Å². The van der Waals surface area contributed by atoms with Crippen molar-refractivity contribution in [3.05, 3.63) is 29.8 Å². The van der Waals surface area contributed by atoms with Gasteiger partial charge in [-0.25, -0.2) is 8.42 Å². The quantitative estimate of drug-likeness (QED) is 0.806. The van der Waals surface area contributed by atoms with Crippen molar-refractivity contribution >= 4 is 15.9 Å². The highest BCUT2D eigenvalue weighted by Gasteiger charge is 2.31. The molecule has 7 heteroatoms. The fourth-order valence-corrected chi connectivity index (χ4v) is 5.34. The van der Waals surface area contributed by atoms with E-state index in [1.165, 1.54) is 4.31 Å². The molecule has 0 aliphatic carbocycles. The van der Waals surface area contributed by atoms with E-state index < -0.39 is 10.0 Å². The molecule has 0 bridgehead atoms. The number of carbonyl (C=O) groups is 1. The van der Waals surface area contributed by atoms with Crippen molar-refractivity contribution in [1.82, 2.24) is 14.1 Å². The normalized spacial score (nSPS) is 26.0. The van der Waals surface area contributed by atoms with E-state index in [0.29, 0.717) is 18.7 Å². The fraction of sp³-hybridized carbons (Fsp3) is 0.632. The summed E-state index contributed by atoms with van der Waals surface area (Å²) >= 11 is 0. The zero-order valence-electron chi connectivity index (χ0n) is 15.9. The van der Waals surface area contributed by atoms with Crippen molar-refractivity contribution in [3.63, 3.8) is 0 Å². The smallest absolute Gasteiger partial charge is 0.254 e. The maximum absolute atomic E-state index is 12.9. The van der Waals surface area contributed by atoms with Gasteiger partial charge in [0.25, 0.3) is 5.91 Å². The number of piperidine rings is 1. The number of piperazine rings is 1. The fourth-order valence-electron chi connectivity index (χ4n) is 3.92. The zero-order valence-corrected chi connectivity index (χ0v) is 16.7. The van der Waals surface area contributed by atoms with Crippen LogP contribution in [0.15, 0.2) is 29.2 Å². The minimum atomic E-state index is -3.49. The van der Waals surface area contributed by atoms with E-state index in [9.17, 15) is 13.2 Å². The molecule has 0 spiro atoms. The molecule has 26 heavy (non-hydrogen) atoms. The van der Waals surface area contributed by atoms with Crippen LogP contribution in [0, 0.1) is 0 Å². The van der Waals surface area contributed by atoms with Crippen LogP contribution in [-0.2, 0) is 10.0 Å². The first-order valence-corrected chi connectivity index (χ1v) is 10.9. The number of carbonyl (C=O) groups excluding carboxylic acids is 1. The number of benzene rings is 1. The van der Waals surface area contributed by atoms with E-state index in [0.717, 1.165) is 32.4 Å².